The van der Waals surface area contributed by atoms with Crippen LogP contribution >= 0.6 is 0 Å². The summed E-state index contributed by atoms with van der Waals surface area (Å²) in [5, 5.41) is 0. The van der Waals surface area contributed by atoms with Crippen molar-refractivity contribution in [1.82, 2.24) is 0 Å². The van der Waals surface area contributed by atoms with Crippen LogP contribution in [-0.2, 0) is 5.41 Å². The molecule has 1 aliphatic rings. The van der Waals surface area contributed by atoms with Gasteiger partial charge in [-0.15, -0.1) is 0 Å². The van der Waals surface area contributed by atoms with Gasteiger partial charge in [0.25, 0.3) is 0 Å². The van der Waals surface area contributed by atoms with Gasteiger partial charge in [0.15, 0.2) is 0 Å². The van der Waals surface area contributed by atoms with E-state index in [-0.39, 0.29) is 11.0 Å². The van der Waals surface area contributed by atoms with Crippen LogP contribution in [0.3, 0.4) is 0 Å². The highest BCUT2D eigenvalue weighted by Crippen LogP contribution is 2.50. The molecule has 94 valence electrons. The van der Waals surface area contributed by atoms with Crippen molar-refractivity contribution in [1.29, 1.82) is 0 Å². The molecule has 0 radical (unpaired) electrons. The van der Waals surface area contributed by atoms with Gasteiger partial charge in [0.2, 0.25) is 0 Å². The van der Waals surface area contributed by atoms with Crippen LogP contribution in [-0.4, -0.2) is 19.8 Å². The van der Waals surface area contributed by atoms with Crippen molar-refractivity contribution in [3.63, 3.8) is 0 Å². The first-order chi connectivity index (χ1) is 7.93. The lowest BCUT2D eigenvalue weighted by Gasteiger charge is -2.33. The third-order valence-corrected chi connectivity index (χ3v) is 4.11. The maximum Gasteiger partial charge on any atom is 0.122 e. The highest BCUT2D eigenvalue weighted by atomic mass is 16.5. The molecular formula is C14H21NO2. The van der Waals surface area contributed by atoms with Gasteiger partial charge in [-0.3, -0.25) is 0 Å². The van der Waals surface area contributed by atoms with Gasteiger partial charge in [-0.05, 0) is 30.5 Å². The normalized spacial score (nSPS) is 17.7. The summed E-state index contributed by atoms with van der Waals surface area (Å²) in [6.45, 7) is 4.38. The monoisotopic (exact) mass is 235 g/mol. The van der Waals surface area contributed by atoms with Crippen LogP contribution < -0.4 is 15.2 Å². The zero-order chi connectivity index (χ0) is 12.7. The molecule has 0 unspecified atom stereocenters. The molecule has 0 aliphatic heterocycles. The molecule has 0 saturated heterocycles. The molecule has 1 saturated carbocycles. The van der Waals surface area contributed by atoms with E-state index in [9.17, 15) is 0 Å². The fourth-order valence-electron chi connectivity index (χ4n) is 2.22. The van der Waals surface area contributed by atoms with E-state index in [1.54, 1.807) is 14.2 Å². The van der Waals surface area contributed by atoms with Crippen molar-refractivity contribution in [3.8, 4) is 11.5 Å². The Balaban J connectivity index is 2.43. The van der Waals surface area contributed by atoms with E-state index in [1.165, 1.54) is 5.56 Å². The molecule has 2 rings (SSSR count). The molecule has 2 N–H and O–H groups in total. The fourth-order valence-corrected chi connectivity index (χ4v) is 2.22. The third-order valence-electron chi connectivity index (χ3n) is 4.11. The zero-order valence-corrected chi connectivity index (χ0v) is 11.0. The number of nitrogens with two attached hydrogens (primary N) is 1. The van der Waals surface area contributed by atoms with Gasteiger partial charge in [-0.1, -0.05) is 13.8 Å². The third kappa shape index (κ3) is 2.00. The average Bonchev–Trinajstić information content (AvgIpc) is 3.08. The summed E-state index contributed by atoms with van der Waals surface area (Å²) >= 11 is 0. The molecule has 0 aromatic heterocycles. The van der Waals surface area contributed by atoms with Gasteiger partial charge in [-0.2, -0.15) is 0 Å². The minimum Gasteiger partial charge on any atom is -0.497 e. The maximum atomic E-state index is 6.36. The molecular weight excluding hydrogens is 214 g/mol. The summed E-state index contributed by atoms with van der Waals surface area (Å²) in [7, 11) is 3.34. The van der Waals surface area contributed by atoms with Crippen molar-refractivity contribution >= 4 is 0 Å². The molecule has 0 bridgehead atoms. The minimum atomic E-state index is -0.0790. The van der Waals surface area contributed by atoms with Crippen LogP contribution in [0.15, 0.2) is 18.2 Å². The van der Waals surface area contributed by atoms with Crippen molar-refractivity contribution < 1.29 is 9.47 Å². The van der Waals surface area contributed by atoms with E-state index in [0.717, 1.165) is 24.3 Å². The lowest BCUT2D eigenvalue weighted by atomic mass is 9.76. The number of benzene rings is 1. The summed E-state index contributed by atoms with van der Waals surface area (Å²) in [6, 6.07) is 5.99. The quantitative estimate of drug-likeness (QED) is 0.872. The predicted octanol–water partition coefficient (Wildman–Crippen LogP) is 2.47. The van der Waals surface area contributed by atoms with E-state index in [4.69, 9.17) is 15.2 Å². The molecule has 1 aromatic rings. The van der Waals surface area contributed by atoms with E-state index in [1.807, 2.05) is 6.07 Å². The smallest absolute Gasteiger partial charge is 0.122 e. The zero-order valence-electron chi connectivity index (χ0n) is 11.0. The summed E-state index contributed by atoms with van der Waals surface area (Å²) in [4.78, 5) is 0. The van der Waals surface area contributed by atoms with Gasteiger partial charge >= 0.3 is 0 Å². The highest BCUT2D eigenvalue weighted by Gasteiger charge is 2.52. The Morgan fingerprint density at radius 2 is 1.53 bits per heavy atom. The second-order valence-corrected chi connectivity index (χ2v) is 5.38. The highest BCUT2D eigenvalue weighted by molar-refractivity contribution is 5.44. The maximum absolute atomic E-state index is 6.36. The SMILES string of the molecule is COc1cc(OC)cc(C(C)(C)C2(N)CC2)c1. The van der Waals surface area contributed by atoms with Gasteiger partial charge in [0, 0.05) is 17.0 Å². The largest absolute Gasteiger partial charge is 0.497 e. The Morgan fingerprint density at radius 3 is 1.88 bits per heavy atom. The fraction of sp³-hybridized carbons (Fsp3) is 0.571. The van der Waals surface area contributed by atoms with Gasteiger partial charge in [-0.25, -0.2) is 0 Å². The van der Waals surface area contributed by atoms with Crippen molar-refractivity contribution in [2.75, 3.05) is 14.2 Å². The molecule has 0 spiro atoms. The van der Waals surface area contributed by atoms with Crippen molar-refractivity contribution in [2.24, 2.45) is 5.73 Å². The van der Waals surface area contributed by atoms with Crippen LogP contribution in [0.5, 0.6) is 11.5 Å². The molecule has 3 heteroatoms. The topological polar surface area (TPSA) is 44.5 Å². The predicted molar refractivity (Wildman–Crippen MR) is 68.7 cm³/mol. The summed E-state index contributed by atoms with van der Waals surface area (Å²) in [6.07, 6.45) is 2.17. The molecule has 3 nitrogen and oxygen atoms in total. The Kier molecular flexibility index (Phi) is 2.82. The molecule has 1 fully saturated rings. The van der Waals surface area contributed by atoms with Gasteiger partial charge in [0.05, 0.1) is 14.2 Å². The first kappa shape index (κ1) is 12.2. The van der Waals surface area contributed by atoms with Gasteiger partial charge in [0.1, 0.15) is 11.5 Å². The Bertz CT molecular complexity index is 400. The second-order valence-electron chi connectivity index (χ2n) is 5.38. The van der Waals surface area contributed by atoms with Crippen LogP contribution in [0.2, 0.25) is 0 Å². The Morgan fingerprint density at radius 1 is 1.06 bits per heavy atom. The van der Waals surface area contributed by atoms with E-state index >= 15 is 0 Å². The lowest BCUT2D eigenvalue weighted by Crippen LogP contribution is -2.43. The molecule has 1 aliphatic carbocycles. The second kappa shape index (κ2) is 3.91. The van der Waals surface area contributed by atoms with E-state index in [2.05, 4.69) is 26.0 Å². The molecule has 0 heterocycles. The summed E-state index contributed by atoms with van der Waals surface area (Å²) < 4.78 is 10.6. The van der Waals surface area contributed by atoms with Crippen LogP contribution in [0.1, 0.15) is 32.3 Å². The van der Waals surface area contributed by atoms with E-state index in [0.29, 0.717) is 0 Å². The van der Waals surface area contributed by atoms with Crippen molar-refractivity contribution in [2.45, 2.75) is 37.6 Å². The number of hydrogen-bond donors (Lipinski definition) is 1. The number of ether oxygens (including phenoxy) is 2. The Labute approximate surface area is 103 Å². The van der Waals surface area contributed by atoms with Crippen molar-refractivity contribution in [3.05, 3.63) is 23.8 Å². The average molecular weight is 235 g/mol. The lowest BCUT2D eigenvalue weighted by molar-refractivity contribution is 0.371. The van der Waals surface area contributed by atoms with Crippen LogP contribution in [0.25, 0.3) is 0 Å². The first-order valence-electron chi connectivity index (χ1n) is 5.95. The molecule has 17 heavy (non-hydrogen) atoms. The summed E-state index contributed by atoms with van der Waals surface area (Å²) in [5.41, 5.74) is 7.39. The van der Waals surface area contributed by atoms with Gasteiger partial charge < -0.3 is 15.2 Å². The first-order valence-corrected chi connectivity index (χ1v) is 5.95. The molecule has 1 aromatic carbocycles. The van der Waals surface area contributed by atoms with E-state index < -0.39 is 0 Å². The number of rotatable bonds is 4. The van der Waals surface area contributed by atoms with Crippen LogP contribution in [0, 0.1) is 0 Å². The minimum absolute atomic E-state index is 0.0607. The number of methoxy groups -OCH3 is 2. The Hall–Kier alpha value is -1.22. The standard InChI is InChI=1S/C14H21NO2/c1-13(2,14(15)5-6-14)10-7-11(16-3)9-12(8-10)17-4/h7-9H,5-6,15H2,1-4H3. The summed E-state index contributed by atoms with van der Waals surface area (Å²) in [5.74, 6) is 1.63. The van der Waals surface area contributed by atoms with Crippen LogP contribution in [0.4, 0.5) is 0 Å². The molecule has 0 amide bonds. The molecule has 0 atom stereocenters. The number of hydrogen-bond acceptors (Lipinski definition) is 3.